The molecule has 0 aliphatic carbocycles. The molecule has 0 saturated heterocycles. The van der Waals surface area contributed by atoms with Crippen LogP contribution in [0.25, 0.3) is 0 Å². The Kier molecular flexibility index (Phi) is 5.52. The van der Waals surface area contributed by atoms with Crippen molar-refractivity contribution in [1.82, 2.24) is 14.9 Å². The van der Waals surface area contributed by atoms with Gasteiger partial charge in [0.2, 0.25) is 0 Å². The van der Waals surface area contributed by atoms with Crippen LogP contribution in [0.5, 0.6) is 0 Å². The van der Waals surface area contributed by atoms with Crippen molar-refractivity contribution in [3.63, 3.8) is 0 Å². The van der Waals surface area contributed by atoms with Crippen LogP contribution in [0, 0.1) is 0 Å². The van der Waals surface area contributed by atoms with Crippen molar-refractivity contribution in [2.24, 2.45) is 0 Å². The Bertz CT molecular complexity index is 617. The Balaban J connectivity index is 2.04. The first-order valence-corrected chi connectivity index (χ1v) is 7.85. The highest BCUT2D eigenvalue weighted by Gasteiger charge is 2.15. The summed E-state index contributed by atoms with van der Waals surface area (Å²) in [6.45, 7) is 3.37. The molecule has 112 valence electrons. The molecule has 0 aliphatic heterocycles. The Morgan fingerprint density at radius 3 is 2.90 bits per heavy atom. The molecular formula is C14H17ClN4OS. The van der Waals surface area contributed by atoms with Crippen LogP contribution >= 0.6 is 22.9 Å². The third-order valence-electron chi connectivity index (χ3n) is 2.78. The van der Waals surface area contributed by atoms with Crippen LogP contribution in [0.2, 0.25) is 4.34 Å². The van der Waals surface area contributed by atoms with Crippen molar-refractivity contribution >= 4 is 34.7 Å². The number of anilines is 1. The summed E-state index contributed by atoms with van der Waals surface area (Å²) in [5.41, 5.74) is 0.334. The first kappa shape index (κ1) is 15.7. The van der Waals surface area contributed by atoms with Crippen molar-refractivity contribution < 1.29 is 4.79 Å². The van der Waals surface area contributed by atoms with Gasteiger partial charge in [0.25, 0.3) is 5.91 Å². The molecule has 0 saturated carbocycles. The number of rotatable bonds is 6. The van der Waals surface area contributed by atoms with Crippen LogP contribution in [-0.4, -0.2) is 34.4 Å². The molecule has 0 fully saturated rings. The molecule has 1 amide bonds. The van der Waals surface area contributed by atoms with Gasteiger partial charge in [0.15, 0.2) is 0 Å². The normalized spacial score (nSPS) is 10.4. The summed E-state index contributed by atoms with van der Waals surface area (Å²) in [5.74, 6) is 0.461. The molecular weight excluding hydrogens is 308 g/mol. The van der Waals surface area contributed by atoms with Crippen LogP contribution in [0.3, 0.4) is 0 Å². The predicted octanol–water partition coefficient (Wildman–Crippen LogP) is 3.29. The molecule has 5 nitrogen and oxygen atoms in total. The van der Waals surface area contributed by atoms with Gasteiger partial charge in [0, 0.05) is 18.5 Å². The molecule has 0 unspecified atom stereocenters. The van der Waals surface area contributed by atoms with Gasteiger partial charge in [0.1, 0.15) is 11.5 Å². The quantitative estimate of drug-likeness (QED) is 0.886. The highest BCUT2D eigenvalue weighted by molar-refractivity contribution is 7.16. The molecule has 7 heteroatoms. The number of amides is 1. The summed E-state index contributed by atoms with van der Waals surface area (Å²) in [4.78, 5) is 23.3. The van der Waals surface area contributed by atoms with E-state index in [1.807, 2.05) is 12.1 Å². The molecule has 2 heterocycles. The monoisotopic (exact) mass is 324 g/mol. The zero-order valence-corrected chi connectivity index (χ0v) is 13.5. The average Bonchev–Trinajstić information content (AvgIpc) is 2.89. The second-order valence-electron chi connectivity index (χ2n) is 4.58. The highest BCUT2D eigenvalue weighted by atomic mass is 35.5. The third kappa shape index (κ3) is 4.41. The Morgan fingerprint density at radius 2 is 2.24 bits per heavy atom. The molecule has 0 radical (unpaired) electrons. The maximum absolute atomic E-state index is 12.3. The van der Waals surface area contributed by atoms with Crippen molar-refractivity contribution in [2.45, 2.75) is 19.9 Å². The van der Waals surface area contributed by atoms with Crippen LogP contribution in [0.15, 0.2) is 24.5 Å². The van der Waals surface area contributed by atoms with Crippen molar-refractivity contribution in [2.75, 3.05) is 18.9 Å². The first-order valence-electron chi connectivity index (χ1n) is 6.65. The van der Waals surface area contributed by atoms with Gasteiger partial charge in [-0.2, -0.15) is 0 Å². The van der Waals surface area contributed by atoms with E-state index in [4.69, 9.17) is 11.6 Å². The minimum Gasteiger partial charge on any atom is -0.369 e. The maximum Gasteiger partial charge on any atom is 0.274 e. The number of aromatic nitrogens is 2. The van der Waals surface area contributed by atoms with Crippen molar-refractivity contribution in [3.8, 4) is 0 Å². The number of thiophene rings is 1. The lowest BCUT2D eigenvalue weighted by molar-refractivity contribution is 0.0780. The lowest BCUT2D eigenvalue weighted by Crippen LogP contribution is -2.27. The molecule has 0 bridgehead atoms. The molecule has 21 heavy (non-hydrogen) atoms. The first-order chi connectivity index (χ1) is 10.1. The minimum atomic E-state index is -0.160. The van der Waals surface area contributed by atoms with E-state index in [0.717, 1.165) is 22.2 Å². The van der Waals surface area contributed by atoms with Crippen LogP contribution in [0.1, 0.15) is 28.7 Å². The molecule has 2 aromatic heterocycles. The largest absolute Gasteiger partial charge is 0.369 e. The number of hydrogen-bond donors (Lipinski definition) is 1. The Hall–Kier alpha value is -1.66. The summed E-state index contributed by atoms with van der Waals surface area (Å²) in [6.07, 6.45) is 4.09. The Labute approximate surface area is 133 Å². The average molecular weight is 325 g/mol. The van der Waals surface area contributed by atoms with Gasteiger partial charge < -0.3 is 10.2 Å². The summed E-state index contributed by atoms with van der Waals surface area (Å²) in [5, 5.41) is 3.12. The third-order valence-corrected chi connectivity index (χ3v) is 3.99. The predicted molar refractivity (Wildman–Crippen MR) is 85.9 cm³/mol. The number of nitrogens with one attached hydrogen (secondary N) is 1. The lowest BCUT2D eigenvalue weighted by Gasteiger charge is -2.15. The fourth-order valence-electron chi connectivity index (χ4n) is 1.75. The maximum atomic E-state index is 12.3. The van der Waals surface area contributed by atoms with E-state index in [1.54, 1.807) is 18.1 Å². The summed E-state index contributed by atoms with van der Waals surface area (Å²) < 4.78 is 0.719. The van der Waals surface area contributed by atoms with Crippen LogP contribution < -0.4 is 5.32 Å². The summed E-state index contributed by atoms with van der Waals surface area (Å²) in [7, 11) is 1.74. The second kappa shape index (κ2) is 7.38. The molecule has 2 rings (SSSR count). The fraction of sp³-hybridized carbons (Fsp3) is 0.357. The molecule has 2 aromatic rings. The standard InChI is InChI=1S/C14H17ClN4OS/c1-3-6-17-13-8-16-7-11(18-13)14(20)19(2)9-10-4-5-12(15)21-10/h4-5,7-8H,3,6,9H2,1-2H3,(H,17,18). The second-order valence-corrected chi connectivity index (χ2v) is 6.38. The zero-order chi connectivity index (χ0) is 15.2. The van der Waals surface area contributed by atoms with Gasteiger partial charge in [-0.25, -0.2) is 4.98 Å². The van der Waals surface area contributed by atoms with Gasteiger partial charge in [0.05, 0.1) is 23.3 Å². The van der Waals surface area contributed by atoms with Crippen molar-refractivity contribution in [1.29, 1.82) is 0 Å². The lowest BCUT2D eigenvalue weighted by atomic mass is 10.3. The highest BCUT2D eigenvalue weighted by Crippen LogP contribution is 2.22. The van der Waals surface area contributed by atoms with Crippen molar-refractivity contribution in [3.05, 3.63) is 39.4 Å². The van der Waals surface area contributed by atoms with E-state index >= 15 is 0 Å². The van der Waals surface area contributed by atoms with Gasteiger partial charge in [-0.15, -0.1) is 11.3 Å². The van der Waals surface area contributed by atoms with E-state index in [1.165, 1.54) is 17.5 Å². The molecule has 0 spiro atoms. The molecule has 1 N–H and O–H groups in total. The molecule has 0 aromatic carbocycles. The summed E-state index contributed by atoms with van der Waals surface area (Å²) >= 11 is 7.36. The van der Waals surface area contributed by atoms with E-state index in [-0.39, 0.29) is 5.91 Å². The van der Waals surface area contributed by atoms with E-state index in [9.17, 15) is 4.79 Å². The zero-order valence-electron chi connectivity index (χ0n) is 12.0. The SMILES string of the molecule is CCCNc1cncc(C(=O)N(C)Cc2ccc(Cl)s2)n1. The number of carbonyl (C=O) groups is 1. The van der Waals surface area contributed by atoms with Crippen LogP contribution in [-0.2, 0) is 6.54 Å². The van der Waals surface area contributed by atoms with E-state index < -0.39 is 0 Å². The number of nitrogens with zero attached hydrogens (tertiary/aromatic N) is 3. The van der Waals surface area contributed by atoms with Gasteiger partial charge in [-0.3, -0.25) is 9.78 Å². The van der Waals surface area contributed by atoms with E-state index in [2.05, 4.69) is 22.2 Å². The topological polar surface area (TPSA) is 58.1 Å². The smallest absolute Gasteiger partial charge is 0.274 e. The molecule has 0 atom stereocenters. The summed E-state index contributed by atoms with van der Waals surface area (Å²) in [6, 6.07) is 3.75. The minimum absolute atomic E-state index is 0.160. The van der Waals surface area contributed by atoms with E-state index in [0.29, 0.717) is 18.1 Å². The van der Waals surface area contributed by atoms with Crippen LogP contribution in [0.4, 0.5) is 5.82 Å². The number of hydrogen-bond acceptors (Lipinski definition) is 5. The fourth-order valence-corrected chi connectivity index (χ4v) is 2.89. The van der Waals surface area contributed by atoms with Gasteiger partial charge in [-0.1, -0.05) is 18.5 Å². The molecule has 0 aliphatic rings. The Morgan fingerprint density at radius 1 is 1.43 bits per heavy atom. The van der Waals surface area contributed by atoms with Gasteiger partial charge >= 0.3 is 0 Å². The van der Waals surface area contributed by atoms with Gasteiger partial charge in [-0.05, 0) is 18.6 Å². The number of carbonyl (C=O) groups excluding carboxylic acids is 1. The number of halogens is 1.